The highest BCUT2D eigenvalue weighted by molar-refractivity contribution is 7.98. The zero-order valence-electron chi connectivity index (χ0n) is 8.33. The van der Waals surface area contributed by atoms with E-state index in [1.54, 1.807) is 6.07 Å². The number of carbonyl (C=O) groups is 1. The van der Waals surface area contributed by atoms with Crippen molar-refractivity contribution >= 4 is 17.5 Å². The molecule has 0 unspecified atom stereocenters. The molecule has 0 saturated carbocycles. The summed E-state index contributed by atoms with van der Waals surface area (Å²) in [6.45, 7) is 1.43. The summed E-state index contributed by atoms with van der Waals surface area (Å²) in [6, 6.07) is 3.18. The molecule has 0 aliphatic heterocycles. The number of hydrogen-bond donors (Lipinski definition) is 1. The van der Waals surface area contributed by atoms with Crippen molar-refractivity contribution in [1.29, 1.82) is 0 Å². The van der Waals surface area contributed by atoms with Gasteiger partial charge in [-0.15, -0.1) is 11.8 Å². The third-order valence-corrected chi connectivity index (χ3v) is 2.62. The molecule has 0 atom stereocenters. The van der Waals surface area contributed by atoms with Crippen LogP contribution in [0, 0.1) is 0 Å². The molecule has 76 valence electrons. The van der Waals surface area contributed by atoms with Gasteiger partial charge in [0.25, 0.3) is 0 Å². The number of carbonyl (C=O) groups excluding carboxylic acids is 1. The zero-order valence-corrected chi connectivity index (χ0v) is 9.14. The first-order valence-electron chi connectivity index (χ1n) is 4.06. The molecule has 14 heavy (non-hydrogen) atoms. The Kier molecular flexibility index (Phi) is 3.41. The van der Waals surface area contributed by atoms with Crippen molar-refractivity contribution < 1.29 is 14.6 Å². The molecule has 0 spiro atoms. The van der Waals surface area contributed by atoms with E-state index in [9.17, 15) is 9.90 Å². The monoisotopic (exact) mass is 212 g/mol. The second-order valence-electron chi connectivity index (χ2n) is 2.78. The Bertz CT molecular complexity index is 361. The first kappa shape index (κ1) is 10.9. The molecular formula is C10H12O3S. The fourth-order valence-corrected chi connectivity index (χ4v) is 1.90. The molecule has 0 aliphatic rings. The van der Waals surface area contributed by atoms with Crippen LogP contribution in [0.15, 0.2) is 17.0 Å². The lowest BCUT2D eigenvalue weighted by Gasteiger charge is -2.09. The summed E-state index contributed by atoms with van der Waals surface area (Å²) in [5, 5.41) is 9.59. The summed E-state index contributed by atoms with van der Waals surface area (Å²) >= 11 is 1.41. The van der Waals surface area contributed by atoms with Crippen LogP contribution in [-0.2, 0) is 0 Å². The molecule has 0 heterocycles. The van der Waals surface area contributed by atoms with E-state index in [1.165, 1.54) is 31.9 Å². The fourth-order valence-electron chi connectivity index (χ4n) is 1.21. The van der Waals surface area contributed by atoms with Crippen molar-refractivity contribution in [2.45, 2.75) is 11.8 Å². The van der Waals surface area contributed by atoms with Gasteiger partial charge in [-0.25, -0.2) is 0 Å². The summed E-state index contributed by atoms with van der Waals surface area (Å²) in [4.78, 5) is 12.0. The van der Waals surface area contributed by atoms with E-state index in [0.29, 0.717) is 11.3 Å². The number of ether oxygens (including phenoxy) is 1. The Morgan fingerprint density at radius 1 is 1.50 bits per heavy atom. The van der Waals surface area contributed by atoms with Crippen molar-refractivity contribution in [3.63, 3.8) is 0 Å². The quantitative estimate of drug-likeness (QED) is 0.617. The molecular weight excluding hydrogens is 200 g/mol. The number of Topliss-reactive ketones (excluding diaryl/α,β-unsaturated/α-hetero) is 1. The summed E-state index contributed by atoms with van der Waals surface area (Å²) in [5.74, 6) is 0.382. The van der Waals surface area contributed by atoms with Crippen LogP contribution in [0.5, 0.6) is 11.5 Å². The Labute approximate surface area is 87.1 Å². The minimum Gasteiger partial charge on any atom is -0.507 e. The minimum atomic E-state index is -0.144. The molecule has 1 N–H and O–H groups in total. The third kappa shape index (κ3) is 2.01. The van der Waals surface area contributed by atoms with Crippen molar-refractivity contribution in [3.8, 4) is 11.5 Å². The molecule has 1 aromatic rings. The van der Waals surface area contributed by atoms with Gasteiger partial charge in [-0.1, -0.05) is 0 Å². The average molecular weight is 212 g/mol. The Morgan fingerprint density at radius 3 is 2.57 bits per heavy atom. The first-order chi connectivity index (χ1) is 6.60. The normalized spacial score (nSPS) is 9.93. The van der Waals surface area contributed by atoms with Crippen molar-refractivity contribution in [1.82, 2.24) is 0 Å². The highest BCUT2D eigenvalue weighted by Crippen LogP contribution is 2.33. The van der Waals surface area contributed by atoms with Gasteiger partial charge >= 0.3 is 0 Å². The molecule has 3 nitrogen and oxygen atoms in total. The molecule has 1 rings (SSSR count). The van der Waals surface area contributed by atoms with Gasteiger partial charge in [-0.05, 0) is 19.2 Å². The van der Waals surface area contributed by atoms with Gasteiger partial charge in [0.1, 0.15) is 11.5 Å². The van der Waals surface area contributed by atoms with Gasteiger partial charge in [0.05, 0.1) is 12.7 Å². The van der Waals surface area contributed by atoms with Gasteiger partial charge in [0.15, 0.2) is 5.78 Å². The highest BCUT2D eigenvalue weighted by atomic mass is 32.2. The van der Waals surface area contributed by atoms with Gasteiger partial charge in [-0.2, -0.15) is 0 Å². The third-order valence-electron chi connectivity index (χ3n) is 1.86. The zero-order chi connectivity index (χ0) is 10.7. The molecule has 0 bridgehead atoms. The maximum absolute atomic E-state index is 11.2. The van der Waals surface area contributed by atoms with E-state index >= 15 is 0 Å². The number of hydrogen-bond acceptors (Lipinski definition) is 4. The van der Waals surface area contributed by atoms with Crippen LogP contribution in [0.3, 0.4) is 0 Å². The molecule has 0 aromatic heterocycles. The second kappa shape index (κ2) is 4.37. The van der Waals surface area contributed by atoms with Gasteiger partial charge in [0.2, 0.25) is 0 Å². The largest absolute Gasteiger partial charge is 0.507 e. The smallest absolute Gasteiger partial charge is 0.164 e. The highest BCUT2D eigenvalue weighted by Gasteiger charge is 2.13. The summed E-state index contributed by atoms with van der Waals surface area (Å²) < 4.78 is 4.99. The molecule has 0 saturated heterocycles. The molecule has 1 aromatic carbocycles. The lowest BCUT2D eigenvalue weighted by molar-refractivity contribution is 0.101. The van der Waals surface area contributed by atoms with Crippen LogP contribution in [0.25, 0.3) is 0 Å². The van der Waals surface area contributed by atoms with Gasteiger partial charge in [-0.3, -0.25) is 4.79 Å². The fraction of sp³-hybridized carbons (Fsp3) is 0.300. The first-order valence-corrected chi connectivity index (χ1v) is 5.28. The van der Waals surface area contributed by atoms with Crippen LogP contribution < -0.4 is 4.74 Å². The Balaban J connectivity index is 3.34. The van der Waals surface area contributed by atoms with Gasteiger partial charge < -0.3 is 9.84 Å². The Hall–Kier alpha value is -1.16. The van der Waals surface area contributed by atoms with E-state index in [2.05, 4.69) is 0 Å². The van der Waals surface area contributed by atoms with Crippen LogP contribution in [0.4, 0.5) is 0 Å². The number of aromatic hydroxyl groups is 1. The van der Waals surface area contributed by atoms with Crippen LogP contribution in [0.2, 0.25) is 0 Å². The SMILES string of the molecule is COc1cc(O)c(C(C)=O)c(SC)c1. The summed E-state index contributed by atoms with van der Waals surface area (Å²) in [7, 11) is 1.52. The van der Waals surface area contributed by atoms with Crippen LogP contribution in [-0.4, -0.2) is 24.3 Å². The molecule has 0 radical (unpaired) electrons. The number of rotatable bonds is 3. The number of phenolic OH excluding ortho intramolecular Hbond substituents is 1. The molecule has 0 amide bonds. The van der Waals surface area contributed by atoms with Gasteiger partial charge in [0, 0.05) is 11.0 Å². The second-order valence-corrected chi connectivity index (χ2v) is 3.63. The average Bonchev–Trinajstić information content (AvgIpc) is 2.15. The number of benzene rings is 1. The number of methoxy groups -OCH3 is 1. The molecule has 0 aliphatic carbocycles. The van der Waals surface area contributed by atoms with Crippen molar-refractivity contribution in [2.75, 3.05) is 13.4 Å². The topological polar surface area (TPSA) is 46.5 Å². The maximum atomic E-state index is 11.2. The summed E-state index contributed by atoms with van der Waals surface area (Å²) in [6.07, 6.45) is 1.85. The molecule has 4 heteroatoms. The predicted molar refractivity (Wildman–Crippen MR) is 56.4 cm³/mol. The molecule has 0 fully saturated rings. The lowest BCUT2D eigenvalue weighted by atomic mass is 10.1. The number of ketones is 1. The lowest BCUT2D eigenvalue weighted by Crippen LogP contribution is -1.97. The number of thioether (sulfide) groups is 1. The van der Waals surface area contributed by atoms with Crippen LogP contribution >= 0.6 is 11.8 Å². The Morgan fingerprint density at radius 2 is 2.14 bits per heavy atom. The summed E-state index contributed by atoms with van der Waals surface area (Å²) in [5.41, 5.74) is 0.360. The van der Waals surface area contributed by atoms with E-state index in [0.717, 1.165) is 4.90 Å². The van der Waals surface area contributed by atoms with Crippen LogP contribution in [0.1, 0.15) is 17.3 Å². The predicted octanol–water partition coefficient (Wildman–Crippen LogP) is 2.33. The van der Waals surface area contributed by atoms with Crippen molar-refractivity contribution in [3.05, 3.63) is 17.7 Å². The maximum Gasteiger partial charge on any atom is 0.164 e. The van der Waals surface area contributed by atoms with E-state index < -0.39 is 0 Å². The van der Waals surface area contributed by atoms with E-state index in [1.807, 2.05) is 6.26 Å². The minimum absolute atomic E-state index is 0.0267. The van der Waals surface area contributed by atoms with E-state index in [4.69, 9.17) is 4.74 Å². The van der Waals surface area contributed by atoms with Crippen molar-refractivity contribution in [2.24, 2.45) is 0 Å². The van der Waals surface area contributed by atoms with E-state index in [-0.39, 0.29) is 11.5 Å². The number of phenols is 1. The standard InChI is InChI=1S/C10H12O3S/c1-6(11)10-8(12)4-7(13-2)5-9(10)14-3/h4-5,12H,1-3H3.